The first-order valence-corrected chi connectivity index (χ1v) is 9.17. The molecule has 136 valence electrons. The van der Waals surface area contributed by atoms with Gasteiger partial charge in [-0.2, -0.15) is 5.10 Å². The number of rotatable bonds is 8. The van der Waals surface area contributed by atoms with Crippen molar-refractivity contribution in [3.63, 3.8) is 0 Å². The van der Waals surface area contributed by atoms with Crippen LogP contribution >= 0.6 is 0 Å². The third kappa shape index (κ3) is 4.83. The molecular weight excluding hydrogens is 314 g/mol. The van der Waals surface area contributed by atoms with Gasteiger partial charge in [-0.25, -0.2) is 0 Å². The lowest BCUT2D eigenvalue weighted by Gasteiger charge is -2.25. The van der Waals surface area contributed by atoms with E-state index in [1.165, 1.54) is 17.5 Å². The molecule has 1 fully saturated rings. The van der Waals surface area contributed by atoms with E-state index in [1.54, 1.807) is 7.11 Å². The Kier molecular flexibility index (Phi) is 6.10. The molecule has 0 radical (unpaired) electrons. The molecule has 5 nitrogen and oxygen atoms in total. The van der Waals surface area contributed by atoms with E-state index in [4.69, 9.17) is 9.47 Å². The number of hydrogen-bond donors (Lipinski definition) is 0. The summed E-state index contributed by atoms with van der Waals surface area (Å²) in [7, 11) is 1.71. The Morgan fingerprint density at radius 1 is 1.36 bits per heavy atom. The van der Waals surface area contributed by atoms with Gasteiger partial charge >= 0.3 is 0 Å². The van der Waals surface area contributed by atoms with Crippen molar-refractivity contribution in [2.75, 3.05) is 20.3 Å². The van der Waals surface area contributed by atoms with E-state index in [2.05, 4.69) is 48.2 Å². The minimum absolute atomic E-state index is 0.340. The molecule has 1 saturated heterocycles. The zero-order chi connectivity index (χ0) is 17.6. The highest BCUT2D eigenvalue weighted by Crippen LogP contribution is 2.20. The third-order valence-electron chi connectivity index (χ3n) is 4.79. The van der Waals surface area contributed by atoms with Crippen LogP contribution in [0.1, 0.15) is 36.6 Å². The fourth-order valence-corrected chi connectivity index (χ4v) is 3.41. The molecular formula is C20H29N3O2. The van der Waals surface area contributed by atoms with Gasteiger partial charge in [-0.05, 0) is 44.4 Å². The minimum atomic E-state index is 0.340. The van der Waals surface area contributed by atoms with E-state index in [9.17, 15) is 0 Å². The van der Waals surface area contributed by atoms with Crippen molar-refractivity contribution in [3.05, 3.63) is 47.3 Å². The highest BCUT2D eigenvalue weighted by Gasteiger charge is 2.20. The summed E-state index contributed by atoms with van der Waals surface area (Å²) < 4.78 is 13.3. The summed E-state index contributed by atoms with van der Waals surface area (Å²) in [5.41, 5.74) is 3.67. The van der Waals surface area contributed by atoms with E-state index in [-0.39, 0.29) is 0 Å². The highest BCUT2D eigenvalue weighted by atomic mass is 16.5. The Labute approximate surface area is 150 Å². The lowest BCUT2D eigenvalue weighted by molar-refractivity contribution is 0.0678. The fraction of sp³-hybridized carbons (Fsp3) is 0.550. The van der Waals surface area contributed by atoms with Crippen LogP contribution in [0.3, 0.4) is 0 Å². The molecule has 1 aromatic carbocycles. The number of methoxy groups -OCH3 is 1. The quantitative estimate of drug-likeness (QED) is 0.736. The number of hydrogen-bond acceptors (Lipinski definition) is 4. The Bertz CT molecular complexity index is 677. The molecule has 2 heterocycles. The second-order valence-corrected chi connectivity index (χ2v) is 6.75. The summed E-state index contributed by atoms with van der Waals surface area (Å²) >= 11 is 0. The molecule has 0 N–H and O–H groups in total. The maximum atomic E-state index is 5.87. The summed E-state index contributed by atoms with van der Waals surface area (Å²) in [5.74, 6) is 0.907. The molecule has 0 spiro atoms. The van der Waals surface area contributed by atoms with Crippen LogP contribution in [-0.2, 0) is 24.4 Å². The van der Waals surface area contributed by atoms with Crippen molar-refractivity contribution >= 4 is 0 Å². The van der Waals surface area contributed by atoms with Crippen molar-refractivity contribution < 1.29 is 9.47 Å². The normalized spacial score (nSPS) is 17.4. The summed E-state index contributed by atoms with van der Waals surface area (Å²) in [6.07, 6.45) is 4.84. The largest absolute Gasteiger partial charge is 0.497 e. The number of ether oxygens (including phenoxy) is 2. The predicted molar refractivity (Wildman–Crippen MR) is 98.7 cm³/mol. The monoisotopic (exact) mass is 343 g/mol. The van der Waals surface area contributed by atoms with Crippen LogP contribution in [0.5, 0.6) is 5.75 Å². The van der Waals surface area contributed by atoms with Crippen molar-refractivity contribution in [1.29, 1.82) is 0 Å². The standard InChI is InChI=1S/C20H29N3O2/c1-4-23-14-18(16(2)21-23)13-22(15-20-9-6-10-25-20)12-17-7-5-8-19(11-17)24-3/h5,7-8,11,14,20H,4,6,9-10,12-13,15H2,1-3H3. The van der Waals surface area contributed by atoms with Crippen molar-refractivity contribution in [3.8, 4) is 5.75 Å². The summed E-state index contributed by atoms with van der Waals surface area (Å²) in [4.78, 5) is 2.47. The molecule has 3 rings (SSSR count). The van der Waals surface area contributed by atoms with Gasteiger partial charge in [0.2, 0.25) is 0 Å². The molecule has 2 aromatic rings. The molecule has 5 heteroatoms. The molecule has 0 saturated carbocycles. The van der Waals surface area contributed by atoms with Gasteiger partial charge in [0.25, 0.3) is 0 Å². The Morgan fingerprint density at radius 3 is 2.92 bits per heavy atom. The van der Waals surface area contributed by atoms with Crippen LogP contribution in [0.15, 0.2) is 30.5 Å². The first-order valence-electron chi connectivity index (χ1n) is 9.17. The van der Waals surface area contributed by atoms with Crippen molar-refractivity contribution in [2.45, 2.75) is 52.4 Å². The van der Waals surface area contributed by atoms with Gasteiger partial charge in [0, 0.05) is 44.5 Å². The first-order chi connectivity index (χ1) is 12.2. The molecule has 0 aliphatic carbocycles. The van der Waals surface area contributed by atoms with Crippen LogP contribution in [0.4, 0.5) is 0 Å². The van der Waals surface area contributed by atoms with E-state index in [1.807, 2.05) is 10.7 Å². The fourth-order valence-electron chi connectivity index (χ4n) is 3.41. The molecule has 0 bridgehead atoms. The SMILES string of the molecule is CCn1cc(CN(Cc2cccc(OC)c2)CC2CCCO2)c(C)n1. The highest BCUT2D eigenvalue weighted by molar-refractivity contribution is 5.28. The van der Waals surface area contributed by atoms with E-state index < -0.39 is 0 Å². The summed E-state index contributed by atoms with van der Waals surface area (Å²) in [6, 6.07) is 8.32. The molecule has 0 amide bonds. The first kappa shape index (κ1) is 18.0. The number of nitrogens with zero attached hydrogens (tertiary/aromatic N) is 3. The maximum absolute atomic E-state index is 5.87. The Morgan fingerprint density at radius 2 is 2.24 bits per heavy atom. The molecule has 1 atom stereocenters. The van der Waals surface area contributed by atoms with Gasteiger partial charge in [0.1, 0.15) is 5.75 Å². The van der Waals surface area contributed by atoms with Gasteiger partial charge in [0.15, 0.2) is 0 Å². The second-order valence-electron chi connectivity index (χ2n) is 6.75. The lowest BCUT2D eigenvalue weighted by Crippen LogP contribution is -2.31. The Balaban J connectivity index is 1.74. The topological polar surface area (TPSA) is 39.5 Å². The Hall–Kier alpha value is -1.85. The number of aromatic nitrogens is 2. The average molecular weight is 343 g/mol. The van der Waals surface area contributed by atoms with E-state index >= 15 is 0 Å². The molecule has 1 aromatic heterocycles. The van der Waals surface area contributed by atoms with Crippen molar-refractivity contribution in [1.82, 2.24) is 14.7 Å². The van der Waals surface area contributed by atoms with Gasteiger partial charge in [-0.3, -0.25) is 9.58 Å². The number of benzene rings is 1. The van der Waals surface area contributed by atoms with Crippen LogP contribution in [0, 0.1) is 6.92 Å². The van der Waals surface area contributed by atoms with Crippen LogP contribution in [0.2, 0.25) is 0 Å². The number of aryl methyl sites for hydroxylation is 2. The summed E-state index contributed by atoms with van der Waals surface area (Å²) in [6.45, 7) is 8.74. The minimum Gasteiger partial charge on any atom is -0.497 e. The zero-order valence-electron chi connectivity index (χ0n) is 15.6. The summed E-state index contributed by atoms with van der Waals surface area (Å²) in [5, 5.41) is 4.59. The maximum Gasteiger partial charge on any atom is 0.119 e. The van der Waals surface area contributed by atoms with Gasteiger partial charge in [-0.15, -0.1) is 0 Å². The van der Waals surface area contributed by atoms with Crippen LogP contribution in [0.25, 0.3) is 0 Å². The third-order valence-corrected chi connectivity index (χ3v) is 4.79. The molecule has 1 aliphatic rings. The predicted octanol–water partition coefficient (Wildman–Crippen LogP) is 3.40. The molecule has 1 aliphatic heterocycles. The molecule has 1 unspecified atom stereocenters. The zero-order valence-corrected chi connectivity index (χ0v) is 15.6. The average Bonchev–Trinajstić information content (AvgIpc) is 3.25. The van der Waals surface area contributed by atoms with Crippen molar-refractivity contribution in [2.24, 2.45) is 0 Å². The van der Waals surface area contributed by atoms with Gasteiger partial charge < -0.3 is 9.47 Å². The van der Waals surface area contributed by atoms with E-state index in [0.29, 0.717) is 6.10 Å². The second kappa shape index (κ2) is 8.50. The molecule has 25 heavy (non-hydrogen) atoms. The van der Waals surface area contributed by atoms with Gasteiger partial charge in [-0.1, -0.05) is 12.1 Å². The van der Waals surface area contributed by atoms with Crippen LogP contribution in [-0.4, -0.2) is 41.0 Å². The smallest absolute Gasteiger partial charge is 0.119 e. The van der Waals surface area contributed by atoms with Crippen LogP contribution < -0.4 is 4.74 Å². The lowest BCUT2D eigenvalue weighted by atomic mass is 10.1. The van der Waals surface area contributed by atoms with E-state index in [0.717, 1.165) is 50.7 Å². The van der Waals surface area contributed by atoms with Gasteiger partial charge in [0.05, 0.1) is 18.9 Å².